The van der Waals surface area contributed by atoms with Crippen LogP contribution in [-0.4, -0.2) is 28.1 Å². The predicted octanol–water partition coefficient (Wildman–Crippen LogP) is 4.78. The summed E-state index contributed by atoms with van der Waals surface area (Å²) in [6.45, 7) is 0. The number of carbonyl (C=O) groups is 1. The molecule has 1 amide bonds. The maximum absolute atomic E-state index is 14.5. The Morgan fingerprint density at radius 2 is 1.77 bits per heavy atom. The SMILES string of the molecule is O=C(N[C@@H]1CCC[C@H]1O)C1CC(c2c(-c3ccc(F)cc3)[nH]c3c(F)cc(F)cc23)C1. The minimum atomic E-state index is -0.687. The van der Waals surface area contributed by atoms with Crippen LogP contribution < -0.4 is 5.32 Å². The number of nitrogens with one attached hydrogen (secondary N) is 2. The Morgan fingerprint density at radius 3 is 2.45 bits per heavy atom. The summed E-state index contributed by atoms with van der Waals surface area (Å²) in [7, 11) is 0. The van der Waals surface area contributed by atoms with Gasteiger partial charge in [-0.15, -0.1) is 0 Å². The maximum Gasteiger partial charge on any atom is 0.223 e. The van der Waals surface area contributed by atoms with Crippen molar-refractivity contribution in [3.63, 3.8) is 0 Å². The monoisotopic (exact) mass is 428 g/mol. The number of hydrogen-bond acceptors (Lipinski definition) is 2. The fourth-order valence-corrected chi connectivity index (χ4v) is 4.99. The largest absolute Gasteiger partial charge is 0.391 e. The number of benzene rings is 2. The van der Waals surface area contributed by atoms with Crippen molar-refractivity contribution in [2.24, 2.45) is 5.92 Å². The average molecular weight is 428 g/mol. The topological polar surface area (TPSA) is 65.1 Å². The molecule has 2 aromatic carbocycles. The summed E-state index contributed by atoms with van der Waals surface area (Å²) < 4.78 is 41.9. The highest BCUT2D eigenvalue weighted by atomic mass is 19.1. The van der Waals surface area contributed by atoms with Gasteiger partial charge in [-0.25, -0.2) is 13.2 Å². The third-order valence-electron chi connectivity index (χ3n) is 6.72. The van der Waals surface area contributed by atoms with Crippen LogP contribution >= 0.6 is 0 Å². The van der Waals surface area contributed by atoms with Crippen LogP contribution in [0.4, 0.5) is 13.2 Å². The zero-order chi connectivity index (χ0) is 21.7. The quantitative estimate of drug-likeness (QED) is 0.560. The number of aromatic amines is 1. The number of aliphatic hydroxyl groups is 1. The van der Waals surface area contributed by atoms with Crippen molar-refractivity contribution in [1.29, 1.82) is 0 Å². The van der Waals surface area contributed by atoms with Crippen molar-refractivity contribution >= 4 is 16.8 Å². The van der Waals surface area contributed by atoms with E-state index in [0.717, 1.165) is 24.5 Å². The first-order valence-electron chi connectivity index (χ1n) is 10.7. The van der Waals surface area contributed by atoms with Crippen LogP contribution in [0, 0.1) is 23.4 Å². The second kappa shape index (κ2) is 7.71. The molecule has 2 fully saturated rings. The van der Waals surface area contributed by atoms with Crippen molar-refractivity contribution in [2.45, 2.75) is 50.2 Å². The summed E-state index contributed by atoms with van der Waals surface area (Å²) in [6.07, 6.45) is 2.98. The normalized spacial score (nSPS) is 25.5. The van der Waals surface area contributed by atoms with Crippen molar-refractivity contribution < 1.29 is 23.1 Å². The van der Waals surface area contributed by atoms with Crippen molar-refractivity contribution in [3.8, 4) is 11.3 Å². The van der Waals surface area contributed by atoms with Crippen LogP contribution in [0.25, 0.3) is 22.2 Å². The van der Waals surface area contributed by atoms with E-state index in [1.54, 1.807) is 12.1 Å². The molecule has 3 aromatic rings. The average Bonchev–Trinajstić information content (AvgIpc) is 3.26. The second-order valence-corrected chi connectivity index (χ2v) is 8.71. The van der Waals surface area contributed by atoms with Gasteiger partial charge < -0.3 is 15.4 Å². The van der Waals surface area contributed by atoms with Gasteiger partial charge in [0.05, 0.1) is 23.4 Å². The molecule has 2 atom stereocenters. The smallest absolute Gasteiger partial charge is 0.223 e. The number of amides is 1. The van der Waals surface area contributed by atoms with Crippen molar-refractivity contribution in [1.82, 2.24) is 10.3 Å². The Hall–Kier alpha value is -2.80. The molecular weight excluding hydrogens is 405 g/mol. The van der Waals surface area contributed by atoms with Crippen LogP contribution in [0.5, 0.6) is 0 Å². The number of rotatable bonds is 4. The molecule has 1 heterocycles. The predicted molar refractivity (Wildman–Crippen MR) is 111 cm³/mol. The van der Waals surface area contributed by atoms with Crippen LogP contribution in [0.1, 0.15) is 43.6 Å². The summed E-state index contributed by atoms with van der Waals surface area (Å²) in [5, 5.41) is 13.3. The Morgan fingerprint density at radius 1 is 1.03 bits per heavy atom. The van der Waals surface area contributed by atoms with Gasteiger partial charge in [0.1, 0.15) is 17.5 Å². The van der Waals surface area contributed by atoms with Gasteiger partial charge in [0.2, 0.25) is 5.91 Å². The number of aromatic nitrogens is 1. The summed E-state index contributed by atoms with van der Waals surface area (Å²) in [6, 6.07) is 7.79. The van der Waals surface area contributed by atoms with Crippen molar-refractivity contribution in [3.05, 3.63) is 59.4 Å². The molecule has 4 nitrogen and oxygen atoms in total. The van der Waals surface area contributed by atoms with Crippen LogP contribution in [0.15, 0.2) is 36.4 Å². The first-order chi connectivity index (χ1) is 14.9. The van der Waals surface area contributed by atoms with Crippen molar-refractivity contribution in [2.75, 3.05) is 0 Å². The number of hydrogen-bond donors (Lipinski definition) is 3. The lowest BCUT2D eigenvalue weighted by Gasteiger charge is -2.36. The van der Waals surface area contributed by atoms with E-state index in [-0.39, 0.29) is 35.1 Å². The van der Waals surface area contributed by atoms with Crippen LogP contribution in [0.3, 0.4) is 0 Å². The molecule has 0 radical (unpaired) electrons. The molecule has 162 valence electrons. The Balaban J connectivity index is 1.44. The number of fused-ring (bicyclic) bond motifs is 1. The van der Waals surface area contributed by atoms with E-state index in [9.17, 15) is 23.1 Å². The molecule has 1 aromatic heterocycles. The molecule has 2 aliphatic rings. The summed E-state index contributed by atoms with van der Waals surface area (Å²) >= 11 is 0. The molecule has 5 rings (SSSR count). The zero-order valence-electron chi connectivity index (χ0n) is 16.8. The Labute approximate surface area is 177 Å². The van der Waals surface area contributed by atoms with Crippen LogP contribution in [-0.2, 0) is 4.79 Å². The molecule has 0 saturated heterocycles. The molecule has 7 heteroatoms. The van der Waals surface area contributed by atoms with E-state index >= 15 is 0 Å². The van der Waals surface area contributed by atoms with E-state index in [1.807, 2.05) is 0 Å². The summed E-state index contributed by atoms with van der Waals surface area (Å²) in [5.41, 5.74) is 2.26. The lowest BCUT2D eigenvalue weighted by Crippen LogP contribution is -2.45. The maximum atomic E-state index is 14.5. The van der Waals surface area contributed by atoms with Gasteiger partial charge in [0.15, 0.2) is 0 Å². The Kier molecular flexibility index (Phi) is 5.01. The number of aliphatic hydroxyl groups excluding tert-OH is 1. The van der Waals surface area contributed by atoms with E-state index in [0.29, 0.717) is 35.9 Å². The summed E-state index contributed by atoms with van der Waals surface area (Å²) in [4.78, 5) is 15.7. The first-order valence-corrected chi connectivity index (χ1v) is 10.7. The van der Waals surface area contributed by atoms with E-state index in [4.69, 9.17) is 0 Å². The molecule has 0 spiro atoms. The highest BCUT2D eigenvalue weighted by Crippen LogP contribution is 2.48. The third-order valence-corrected chi connectivity index (χ3v) is 6.72. The molecule has 0 bridgehead atoms. The molecule has 0 unspecified atom stereocenters. The number of H-pyrrole nitrogens is 1. The molecule has 3 N–H and O–H groups in total. The number of halogens is 3. The van der Waals surface area contributed by atoms with E-state index in [2.05, 4.69) is 10.3 Å². The molecule has 0 aliphatic heterocycles. The van der Waals surface area contributed by atoms with Gasteiger partial charge in [-0.1, -0.05) is 0 Å². The second-order valence-electron chi connectivity index (χ2n) is 8.71. The number of carbonyl (C=O) groups excluding carboxylic acids is 1. The van der Waals surface area contributed by atoms with Gasteiger partial charge in [-0.2, -0.15) is 0 Å². The highest BCUT2D eigenvalue weighted by Gasteiger charge is 2.40. The minimum Gasteiger partial charge on any atom is -0.391 e. The van der Waals surface area contributed by atoms with Gasteiger partial charge in [-0.3, -0.25) is 4.79 Å². The first kappa shape index (κ1) is 20.1. The van der Waals surface area contributed by atoms with Gasteiger partial charge in [0.25, 0.3) is 0 Å². The van der Waals surface area contributed by atoms with E-state index < -0.39 is 17.7 Å². The lowest BCUT2D eigenvalue weighted by atomic mass is 9.69. The highest BCUT2D eigenvalue weighted by molar-refractivity contribution is 5.92. The Bertz CT molecular complexity index is 1140. The van der Waals surface area contributed by atoms with Gasteiger partial charge in [-0.05, 0) is 79.5 Å². The molecular formula is C24H23F3N2O2. The van der Waals surface area contributed by atoms with Gasteiger partial charge in [0, 0.05) is 17.4 Å². The fourth-order valence-electron chi connectivity index (χ4n) is 4.99. The minimum absolute atomic E-state index is 0.0562. The standard InChI is InChI=1S/C24H23F3N2O2/c25-15-6-4-12(5-7-15)22-21(17-10-16(26)11-18(27)23(17)29-22)13-8-14(9-13)24(31)28-19-2-1-3-20(19)30/h4-7,10-11,13-14,19-20,29-30H,1-3,8-9H2,(H,28,31)/t13?,14?,19-,20-/m1/s1. The van der Waals surface area contributed by atoms with E-state index in [1.165, 1.54) is 18.2 Å². The molecule has 2 aliphatic carbocycles. The fraction of sp³-hybridized carbons (Fsp3) is 0.375. The third kappa shape index (κ3) is 3.61. The van der Waals surface area contributed by atoms with Crippen LogP contribution in [0.2, 0.25) is 0 Å². The zero-order valence-corrected chi connectivity index (χ0v) is 16.8. The molecule has 2 saturated carbocycles. The lowest BCUT2D eigenvalue weighted by molar-refractivity contribution is -0.129. The summed E-state index contributed by atoms with van der Waals surface area (Å²) in [5.74, 6) is -2.08. The molecule has 31 heavy (non-hydrogen) atoms. The van der Waals surface area contributed by atoms with Gasteiger partial charge >= 0.3 is 0 Å².